The van der Waals surface area contributed by atoms with Gasteiger partial charge in [0, 0.05) is 56.8 Å². The molecule has 2 atom stereocenters. The van der Waals surface area contributed by atoms with Gasteiger partial charge >= 0.3 is 12.1 Å². The van der Waals surface area contributed by atoms with Crippen molar-refractivity contribution in [3.8, 4) is 0 Å². The highest BCUT2D eigenvalue weighted by Crippen LogP contribution is 2.33. The number of piperidine rings is 1. The molecule has 6 nitrogen and oxygen atoms in total. The van der Waals surface area contributed by atoms with Crippen LogP contribution in [0.1, 0.15) is 45.6 Å². The number of likely N-dealkylation sites (tertiary alicyclic amines) is 1. The van der Waals surface area contributed by atoms with Crippen LogP contribution in [0, 0.1) is 17.3 Å². The minimum Gasteiger partial charge on any atom is -0.481 e. The molecule has 1 aromatic carbocycles. The van der Waals surface area contributed by atoms with E-state index in [4.69, 9.17) is 0 Å². The van der Waals surface area contributed by atoms with E-state index >= 15 is 0 Å². The molecule has 190 valence electrons. The molecule has 2 fully saturated rings. The molecule has 1 N–H and O–H groups in total. The summed E-state index contributed by atoms with van der Waals surface area (Å²) < 4.78 is 39.1. The number of hydrogen-bond acceptors (Lipinski definition) is 4. The maximum atomic E-state index is 13.0. The van der Waals surface area contributed by atoms with Gasteiger partial charge in [-0.05, 0) is 49.4 Å². The SMILES string of the molecule is CC(C)(C)C(=O)N1CCC(CC(=O)O)C(CCN2CCN(c3cccc(C(F)(F)F)c3)CC2)C1. The molecule has 1 aromatic rings. The van der Waals surface area contributed by atoms with Gasteiger partial charge in [0.25, 0.3) is 0 Å². The Balaban J connectivity index is 1.56. The van der Waals surface area contributed by atoms with Gasteiger partial charge in [0.2, 0.25) is 5.91 Å². The summed E-state index contributed by atoms with van der Waals surface area (Å²) in [6.07, 6.45) is -2.74. The maximum Gasteiger partial charge on any atom is 0.416 e. The molecule has 0 radical (unpaired) electrons. The Labute approximate surface area is 199 Å². The Morgan fingerprint density at radius 3 is 2.29 bits per heavy atom. The number of hydrogen-bond donors (Lipinski definition) is 1. The van der Waals surface area contributed by atoms with E-state index in [0.717, 1.165) is 32.1 Å². The average molecular weight is 484 g/mol. The number of rotatable bonds is 6. The first-order chi connectivity index (χ1) is 15.8. The zero-order chi connectivity index (χ0) is 25.1. The summed E-state index contributed by atoms with van der Waals surface area (Å²) in [5, 5.41) is 9.35. The largest absolute Gasteiger partial charge is 0.481 e. The second kappa shape index (κ2) is 10.5. The molecule has 34 heavy (non-hydrogen) atoms. The highest BCUT2D eigenvalue weighted by Gasteiger charge is 2.36. The second-order valence-electron chi connectivity index (χ2n) is 10.6. The van der Waals surface area contributed by atoms with Crippen molar-refractivity contribution in [2.24, 2.45) is 17.3 Å². The Morgan fingerprint density at radius 2 is 1.71 bits per heavy atom. The fraction of sp³-hybridized carbons (Fsp3) is 0.680. The normalized spacial score (nSPS) is 22.6. The van der Waals surface area contributed by atoms with E-state index in [2.05, 4.69) is 4.90 Å². The number of alkyl halides is 3. The molecular weight excluding hydrogens is 447 g/mol. The molecule has 0 aromatic heterocycles. The second-order valence-corrected chi connectivity index (χ2v) is 10.6. The van der Waals surface area contributed by atoms with Crippen molar-refractivity contribution < 1.29 is 27.9 Å². The third-order valence-corrected chi connectivity index (χ3v) is 6.98. The topological polar surface area (TPSA) is 64.1 Å². The van der Waals surface area contributed by atoms with Crippen LogP contribution in [0.2, 0.25) is 0 Å². The number of aliphatic carboxylic acids is 1. The number of carboxylic acids is 1. The lowest BCUT2D eigenvalue weighted by Crippen LogP contribution is -2.50. The lowest BCUT2D eigenvalue weighted by molar-refractivity contribution is -0.144. The number of carbonyl (C=O) groups is 2. The van der Waals surface area contributed by atoms with Gasteiger partial charge in [-0.3, -0.25) is 14.5 Å². The lowest BCUT2D eigenvalue weighted by Gasteiger charge is -2.42. The standard InChI is InChI=1S/C25H36F3N3O3/c1-24(2,3)23(34)31-10-8-18(15-22(32)33)19(17-31)7-9-29-11-13-30(14-12-29)21-6-4-5-20(16-21)25(26,27)28/h4-6,16,18-19H,7-15,17H2,1-3H3,(H,32,33). The zero-order valence-corrected chi connectivity index (χ0v) is 20.3. The van der Waals surface area contributed by atoms with Crippen molar-refractivity contribution in [1.29, 1.82) is 0 Å². The van der Waals surface area contributed by atoms with Crippen LogP contribution in [0.15, 0.2) is 24.3 Å². The molecule has 2 unspecified atom stereocenters. The molecule has 9 heteroatoms. The van der Waals surface area contributed by atoms with Gasteiger partial charge in [0.15, 0.2) is 0 Å². The van der Waals surface area contributed by atoms with Gasteiger partial charge < -0.3 is 14.9 Å². The Hall–Kier alpha value is -2.29. The minimum absolute atomic E-state index is 0.0490. The van der Waals surface area contributed by atoms with Crippen LogP contribution in [0.5, 0.6) is 0 Å². The van der Waals surface area contributed by atoms with Gasteiger partial charge in [-0.25, -0.2) is 0 Å². The van der Waals surface area contributed by atoms with E-state index in [1.54, 1.807) is 6.07 Å². The van der Waals surface area contributed by atoms with E-state index < -0.39 is 23.1 Å². The summed E-state index contributed by atoms with van der Waals surface area (Å²) in [6, 6.07) is 5.45. The Morgan fingerprint density at radius 1 is 1.03 bits per heavy atom. The molecule has 0 saturated carbocycles. The van der Waals surface area contributed by atoms with Crippen LogP contribution in [0.3, 0.4) is 0 Å². The van der Waals surface area contributed by atoms with Crippen LogP contribution < -0.4 is 4.90 Å². The molecular formula is C25H36F3N3O3. The summed E-state index contributed by atoms with van der Waals surface area (Å²) in [5.41, 5.74) is -0.521. The van der Waals surface area contributed by atoms with Crippen molar-refractivity contribution >= 4 is 17.6 Å². The monoisotopic (exact) mass is 483 g/mol. The lowest BCUT2D eigenvalue weighted by atomic mass is 9.80. The highest BCUT2D eigenvalue weighted by atomic mass is 19.4. The molecule has 0 aliphatic carbocycles. The molecule has 2 aliphatic heterocycles. The number of amides is 1. The van der Waals surface area contributed by atoms with E-state index in [1.807, 2.05) is 30.6 Å². The van der Waals surface area contributed by atoms with Crippen molar-refractivity contribution in [2.75, 3.05) is 50.7 Å². The molecule has 0 bridgehead atoms. The van der Waals surface area contributed by atoms with E-state index in [9.17, 15) is 27.9 Å². The van der Waals surface area contributed by atoms with E-state index in [0.29, 0.717) is 38.3 Å². The summed E-state index contributed by atoms with van der Waals surface area (Å²) in [5.74, 6) is -0.535. The van der Waals surface area contributed by atoms with Gasteiger partial charge in [-0.15, -0.1) is 0 Å². The predicted molar refractivity (Wildman–Crippen MR) is 125 cm³/mol. The van der Waals surface area contributed by atoms with E-state index in [1.165, 1.54) is 12.1 Å². The summed E-state index contributed by atoms with van der Waals surface area (Å²) in [7, 11) is 0. The van der Waals surface area contributed by atoms with Gasteiger partial charge in [-0.1, -0.05) is 26.8 Å². The van der Waals surface area contributed by atoms with Crippen LogP contribution >= 0.6 is 0 Å². The number of halogens is 3. The van der Waals surface area contributed by atoms with Crippen LogP contribution in [0.4, 0.5) is 18.9 Å². The predicted octanol–water partition coefficient (Wildman–Crippen LogP) is 4.20. The average Bonchev–Trinajstić information content (AvgIpc) is 2.77. The van der Waals surface area contributed by atoms with Crippen LogP contribution in [0.25, 0.3) is 0 Å². The molecule has 2 heterocycles. The number of piperazine rings is 1. The van der Waals surface area contributed by atoms with Crippen molar-refractivity contribution in [2.45, 2.75) is 46.2 Å². The molecule has 0 spiro atoms. The molecule has 2 saturated heterocycles. The smallest absolute Gasteiger partial charge is 0.416 e. The van der Waals surface area contributed by atoms with Crippen LogP contribution in [-0.2, 0) is 15.8 Å². The fourth-order valence-electron chi connectivity index (χ4n) is 5.02. The maximum absolute atomic E-state index is 13.0. The number of benzene rings is 1. The summed E-state index contributed by atoms with van der Waals surface area (Å²) >= 11 is 0. The van der Waals surface area contributed by atoms with Crippen molar-refractivity contribution in [3.05, 3.63) is 29.8 Å². The first-order valence-corrected chi connectivity index (χ1v) is 12.0. The Bertz CT molecular complexity index is 861. The van der Waals surface area contributed by atoms with Gasteiger partial charge in [0.05, 0.1) is 5.56 Å². The van der Waals surface area contributed by atoms with Crippen molar-refractivity contribution in [1.82, 2.24) is 9.80 Å². The van der Waals surface area contributed by atoms with E-state index in [-0.39, 0.29) is 24.2 Å². The van der Waals surface area contributed by atoms with Gasteiger partial charge in [-0.2, -0.15) is 13.2 Å². The highest BCUT2D eigenvalue weighted by molar-refractivity contribution is 5.81. The number of carboxylic acid groups (broad SMARTS) is 1. The number of nitrogens with zero attached hydrogens (tertiary/aromatic N) is 3. The van der Waals surface area contributed by atoms with Crippen molar-refractivity contribution in [3.63, 3.8) is 0 Å². The zero-order valence-electron chi connectivity index (χ0n) is 20.3. The van der Waals surface area contributed by atoms with Crippen LogP contribution in [-0.4, -0.2) is 72.6 Å². The fourth-order valence-corrected chi connectivity index (χ4v) is 5.02. The molecule has 1 amide bonds. The first kappa shape index (κ1) is 26.3. The molecule has 3 rings (SSSR count). The number of carbonyl (C=O) groups excluding carboxylic acids is 1. The third-order valence-electron chi connectivity index (χ3n) is 6.98. The minimum atomic E-state index is -4.35. The third kappa shape index (κ3) is 6.87. The summed E-state index contributed by atoms with van der Waals surface area (Å²) in [6.45, 7) is 10.4. The quantitative estimate of drug-likeness (QED) is 0.657. The molecule has 2 aliphatic rings. The first-order valence-electron chi connectivity index (χ1n) is 12.0. The van der Waals surface area contributed by atoms with Gasteiger partial charge in [0.1, 0.15) is 0 Å². The summed E-state index contributed by atoms with van der Waals surface area (Å²) in [4.78, 5) is 30.3. The number of anilines is 1. The Kier molecular flexibility index (Phi) is 8.16.